The summed E-state index contributed by atoms with van der Waals surface area (Å²) in [7, 11) is 0. The molecule has 8 heteroatoms. The van der Waals surface area contributed by atoms with Gasteiger partial charge < -0.3 is 14.8 Å². The first-order chi connectivity index (χ1) is 11.9. The monoisotopic (exact) mass is 356 g/mol. The van der Waals surface area contributed by atoms with Crippen molar-refractivity contribution in [3.05, 3.63) is 42.2 Å². The first-order valence-corrected chi connectivity index (χ1v) is 7.83. The van der Waals surface area contributed by atoms with Crippen LogP contribution in [0, 0.1) is 0 Å². The van der Waals surface area contributed by atoms with Gasteiger partial charge in [0.15, 0.2) is 0 Å². The van der Waals surface area contributed by atoms with Crippen molar-refractivity contribution in [3.63, 3.8) is 0 Å². The molecule has 1 aromatic carbocycles. The van der Waals surface area contributed by atoms with Crippen LogP contribution in [0.4, 0.5) is 13.2 Å². The topological polar surface area (TPSA) is 75.3 Å². The van der Waals surface area contributed by atoms with Gasteiger partial charge in [0.05, 0.1) is 11.7 Å². The van der Waals surface area contributed by atoms with Gasteiger partial charge in [-0.05, 0) is 37.8 Å². The highest BCUT2D eigenvalue weighted by atomic mass is 19.4. The zero-order valence-corrected chi connectivity index (χ0v) is 13.4. The number of nitrogens with zero attached hydrogens (tertiary/aromatic N) is 2. The van der Waals surface area contributed by atoms with Gasteiger partial charge in [0.2, 0.25) is 0 Å². The minimum absolute atomic E-state index is 0.0794. The Morgan fingerprint density at radius 1 is 1.28 bits per heavy atom. The van der Waals surface area contributed by atoms with E-state index in [0.29, 0.717) is 17.8 Å². The Labute approximate surface area is 142 Å². The zero-order valence-electron chi connectivity index (χ0n) is 13.4. The van der Waals surface area contributed by atoms with Gasteiger partial charge in [-0.25, -0.2) is 4.98 Å². The summed E-state index contributed by atoms with van der Waals surface area (Å²) in [6.07, 6.45) is 1.86. The molecule has 136 valence electrons. The lowest BCUT2D eigenvalue weighted by atomic mass is 9.92. The highest BCUT2D eigenvalue weighted by Gasteiger charge is 2.31. The summed E-state index contributed by atoms with van der Waals surface area (Å²) in [5, 5.41) is 16.7. The highest BCUT2D eigenvalue weighted by molar-refractivity contribution is 5.57. The lowest BCUT2D eigenvalue weighted by Crippen LogP contribution is -2.22. The molecule has 0 amide bonds. The van der Waals surface area contributed by atoms with Crippen LogP contribution >= 0.6 is 0 Å². The smallest absolute Gasteiger partial charge is 0.416 e. The van der Waals surface area contributed by atoms with Crippen molar-refractivity contribution < 1.29 is 28.2 Å². The summed E-state index contributed by atoms with van der Waals surface area (Å²) < 4.78 is 40.5. The quantitative estimate of drug-likeness (QED) is 0.804. The Morgan fingerprint density at radius 2 is 2.00 bits per heavy atom. The average Bonchev–Trinajstić information content (AvgIpc) is 3.04. The maximum Gasteiger partial charge on any atom is 0.416 e. The Hall–Kier alpha value is -2.35. The van der Waals surface area contributed by atoms with Crippen molar-refractivity contribution in [1.29, 1.82) is 0 Å². The maximum atomic E-state index is 12.9. The fourth-order valence-corrected chi connectivity index (χ4v) is 3.06. The van der Waals surface area contributed by atoms with E-state index in [-0.39, 0.29) is 18.6 Å². The van der Waals surface area contributed by atoms with Gasteiger partial charge in [-0.3, -0.25) is 4.79 Å². The van der Waals surface area contributed by atoms with E-state index in [0.717, 1.165) is 31.4 Å². The van der Waals surface area contributed by atoms with Gasteiger partial charge in [-0.2, -0.15) is 13.2 Å². The van der Waals surface area contributed by atoms with Gasteiger partial charge in [-0.1, -0.05) is 12.1 Å². The third-order valence-electron chi connectivity index (χ3n) is 4.13. The molecule has 1 heterocycles. The summed E-state index contributed by atoms with van der Waals surface area (Å²) >= 11 is 0. The van der Waals surface area contributed by atoms with Gasteiger partial charge >= 0.3 is 6.18 Å². The Bertz CT molecular complexity index is 700. The third kappa shape index (κ3) is 4.82. The number of halogens is 3. The van der Waals surface area contributed by atoms with E-state index in [2.05, 4.69) is 4.98 Å². The predicted octanol–water partition coefficient (Wildman–Crippen LogP) is 3.75. The van der Waals surface area contributed by atoms with Crippen LogP contribution in [0.3, 0.4) is 0 Å². The van der Waals surface area contributed by atoms with Crippen molar-refractivity contribution in [2.75, 3.05) is 0 Å². The molecular weight excluding hydrogens is 337 g/mol. The summed E-state index contributed by atoms with van der Waals surface area (Å²) in [6, 6.07) is 5.29. The molecule has 2 N–H and O–H groups in total. The van der Waals surface area contributed by atoms with Crippen molar-refractivity contribution >= 4 is 6.47 Å². The minimum atomic E-state index is -4.37. The van der Waals surface area contributed by atoms with E-state index in [1.165, 1.54) is 6.07 Å². The summed E-state index contributed by atoms with van der Waals surface area (Å²) in [5.74, 6) is 0.519. The number of hydrogen-bond acceptors (Lipinski definition) is 3. The standard InChI is InChI=1S/C16H17F3N2O.CH2O2/c17-16(18,19)12-4-1-3-11(9-12)15-20-7-8-21(15)13-5-2-6-14(22)10-13;2-1-3/h1,3-4,7-9,13-14,22H,2,5-6,10H2;1H,(H,2,3)/t13-,14+;/m1./s1. The normalized spacial score (nSPS) is 20.5. The number of rotatable bonds is 2. The van der Waals surface area contributed by atoms with Gasteiger partial charge in [0, 0.05) is 24.0 Å². The fourth-order valence-electron chi connectivity index (χ4n) is 3.06. The van der Waals surface area contributed by atoms with Crippen LogP contribution in [0.25, 0.3) is 11.4 Å². The summed E-state index contributed by atoms with van der Waals surface area (Å²) in [6.45, 7) is -0.250. The van der Waals surface area contributed by atoms with Gasteiger partial charge in [-0.15, -0.1) is 0 Å². The van der Waals surface area contributed by atoms with E-state index < -0.39 is 11.7 Å². The van der Waals surface area contributed by atoms with Crippen LogP contribution in [0.5, 0.6) is 0 Å². The molecule has 1 fully saturated rings. The molecule has 0 radical (unpaired) electrons. The molecule has 0 bridgehead atoms. The number of aliphatic hydroxyl groups excluding tert-OH is 1. The maximum absolute atomic E-state index is 12.9. The van der Waals surface area contributed by atoms with E-state index in [1.807, 2.05) is 4.57 Å². The predicted molar refractivity (Wildman–Crippen MR) is 84.9 cm³/mol. The molecule has 2 aromatic rings. The number of carboxylic acid groups (broad SMARTS) is 1. The van der Waals surface area contributed by atoms with Crippen LogP contribution in [0.1, 0.15) is 37.3 Å². The Morgan fingerprint density at radius 3 is 2.64 bits per heavy atom. The lowest BCUT2D eigenvalue weighted by Gasteiger charge is -2.28. The first-order valence-electron chi connectivity index (χ1n) is 7.83. The van der Waals surface area contributed by atoms with E-state index in [9.17, 15) is 18.3 Å². The largest absolute Gasteiger partial charge is 0.483 e. The van der Waals surface area contributed by atoms with Crippen LogP contribution in [-0.4, -0.2) is 32.3 Å². The molecule has 2 atom stereocenters. The van der Waals surface area contributed by atoms with E-state index >= 15 is 0 Å². The molecule has 0 saturated heterocycles. The average molecular weight is 356 g/mol. The van der Waals surface area contributed by atoms with Crippen LogP contribution in [0.2, 0.25) is 0 Å². The summed E-state index contributed by atoms with van der Waals surface area (Å²) in [5.41, 5.74) is -0.233. The number of imidazole rings is 1. The van der Waals surface area contributed by atoms with Crippen molar-refractivity contribution in [2.45, 2.75) is 44.0 Å². The zero-order chi connectivity index (χ0) is 18.4. The number of hydrogen-bond donors (Lipinski definition) is 2. The molecule has 1 saturated carbocycles. The van der Waals surface area contributed by atoms with Gasteiger partial charge in [0.25, 0.3) is 6.47 Å². The number of carbonyl (C=O) groups is 1. The Balaban J connectivity index is 0.000000701. The summed E-state index contributed by atoms with van der Waals surface area (Å²) in [4.78, 5) is 12.6. The van der Waals surface area contributed by atoms with Crippen molar-refractivity contribution in [2.24, 2.45) is 0 Å². The van der Waals surface area contributed by atoms with Crippen molar-refractivity contribution in [1.82, 2.24) is 9.55 Å². The van der Waals surface area contributed by atoms with Crippen LogP contribution in [-0.2, 0) is 11.0 Å². The Kier molecular flexibility index (Phi) is 6.19. The molecule has 25 heavy (non-hydrogen) atoms. The molecule has 5 nitrogen and oxygen atoms in total. The van der Waals surface area contributed by atoms with Crippen LogP contribution < -0.4 is 0 Å². The molecule has 0 unspecified atom stereocenters. The van der Waals surface area contributed by atoms with E-state index in [1.54, 1.807) is 18.5 Å². The third-order valence-corrected chi connectivity index (χ3v) is 4.13. The highest BCUT2D eigenvalue weighted by Crippen LogP contribution is 2.34. The molecule has 1 aromatic heterocycles. The molecule has 0 aliphatic heterocycles. The molecule has 1 aliphatic rings. The molecule has 3 rings (SSSR count). The number of aromatic nitrogens is 2. The number of aliphatic hydroxyl groups is 1. The second-order valence-electron chi connectivity index (χ2n) is 5.82. The lowest BCUT2D eigenvalue weighted by molar-refractivity contribution is -0.137. The van der Waals surface area contributed by atoms with Crippen molar-refractivity contribution in [3.8, 4) is 11.4 Å². The molecule has 0 spiro atoms. The van der Waals surface area contributed by atoms with E-state index in [4.69, 9.17) is 9.90 Å². The molecular formula is C17H19F3N2O3. The second-order valence-corrected chi connectivity index (χ2v) is 5.82. The fraction of sp³-hybridized carbons (Fsp3) is 0.412. The minimum Gasteiger partial charge on any atom is -0.483 e. The first kappa shape index (κ1) is 19.0. The second kappa shape index (κ2) is 8.15. The van der Waals surface area contributed by atoms with Gasteiger partial charge in [0.1, 0.15) is 5.82 Å². The number of benzene rings is 1. The number of alkyl halides is 3. The molecule has 1 aliphatic carbocycles. The van der Waals surface area contributed by atoms with Crippen LogP contribution in [0.15, 0.2) is 36.7 Å². The SMILES string of the molecule is O=CO.O[C@H]1CCC[C@@H](n2ccnc2-c2cccc(C(F)(F)F)c2)C1.